The molecular weight excluding hydrogens is 404 g/mol. The molecule has 0 aliphatic carbocycles. The lowest BCUT2D eigenvalue weighted by molar-refractivity contribution is -0.118. The maximum atomic E-state index is 12.2. The second-order valence-electron chi connectivity index (χ2n) is 7.64. The van der Waals surface area contributed by atoms with E-state index in [1.165, 1.54) is 19.3 Å². The standard InChI is InChI=1S/C25H28N4O3/c1-2-31-21-10-12-22(13-11-21)32-18-25(30)26-20-8-6-19(7-9-20)23-14-15-24(28-27-23)29-16-4-3-5-17-29/h6-15H,2-5,16-18H2,1H3,(H,26,30). The normalized spacial score (nSPS) is 13.5. The fourth-order valence-electron chi connectivity index (χ4n) is 3.64. The highest BCUT2D eigenvalue weighted by molar-refractivity contribution is 5.92. The van der Waals surface area contributed by atoms with Crippen LogP contribution in [0.3, 0.4) is 0 Å². The monoisotopic (exact) mass is 432 g/mol. The molecule has 1 fully saturated rings. The van der Waals surface area contributed by atoms with Gasteiger partial charge in [0.05, 0.1) is 12.3 Å². The number of carbonyl (C=O) groups is 1. The van der Waals surface area contributed by atoms with E-state index in [-0.39, 0.29) is 12.5 Å². The highest BCUT2D eigenvalue weighted by Crippen LogP contribution is 2.22. The van der Waals surface area contributed by atoms with Crippen molar-refractivity contribution in [1.29, 1.82) is 0 Å². The van der Waals surface area contributed by atoms with Crippen molar-refractivity contribution in [3.63, 3.8) is 0 Å². The van der Waals surface area contributed by atoms with Crippen LogP contribution in [0.25, 0.3) is 11.3 Å². The Balaban J connectivity index is 1.28. The Labute approximate surface area is 188 Å². The SMILES string of the molecule is CCOc1ccc(OCC(=O)Nc2ccc(-c3ccc(N4CCCCC4)nn3)cc2)cc1. The van der Waals surface area contributed by atoms with Gasteiger partial charge in [-0.1, -0.05) is 12.1 Å². The number of nitrogens with zero attached hydrogens (tertiary/aromatic N) is 3. The summed E-state index contributed by atoms with van der Waals surface area (Å²) in [7, 11) is 0. The first kappa shape index (κ1) is 21.6. The van der Waals surface area contributed by atoms with E-state index >= 15 is 0 Å². The molecule has 2 aromatic carbocycles. The smallest absolute Gasteiger partial charge is 0.262 e. The predicted molar refractivity (Wildman–Crippen MR) is 125 cm³/mol. The van der Waals surface area contributed by atoms with Gasteiger partial charge in [-0.3, -0.25) is 4.79 Å². The third kappa shape index (κ3) is 5.75. The second kappa shape index (κ2) is 10.6. The van der Waals surface area contributed by atoms with Crippen LogP contribution >= 0.6 is 0 Å². The number of carbonyl (C=O) groups excluding carboxylic acids is 1. The van der Waals surface area contributed by atoms with Crippen LogP contribution in [0, 0.1) is 0 Å². The number of aromatic nitrogens is 2. The van der Waals surface area contributed by atoms with E-state index in [2.05, 4.69) is 20.4 Å². The van der Waals surface area contributed by atoms with Crippen molar-refractivity contribution < 1.29 is 14.3 Å². The first-order valence-electron chi connectivity index (χ1n) is 11.1. The molecule has 2 heterocycles. The summed E-state index contributed by atoms with van der Waals surface area (Å²) in [4.78, 5) is 14.5. The fraction of sp³-hybridized carbons (Fsp3) is 0.320. The highest BCUT2D eigenvalue weighted by atomic mass is 16.5. The maximum absolute atomic E-state index is 12.2. The van der Waals surface area contributed by atoms with Gasteiger partial charge < -0.3 is 19.7 Å². The van der Waals surface area contributed by atoms with Gasteiger partial charge in [-0.2, -0.15) is 0 Å². The summed E-state index contributed by atoms with van der Waals surface area (Å²) >= 11 is 0. The number of rotatable bonds is 8. The first-order chi connectivity index (χ1) is 15.7. The Bertz CT molecular complexity index is 999. The number of anilines is 2. The summed E-state index contributed by atoms with van der Waals surface area (Å²) in [6.07, 6.45) is 3.71. The van der Waals surface area contributed by atoms with E-state index in [0.717, 1.165) is 35.9 Å². The van der Waals surface area contributed by atoms with Gasteiger partial charge in [0.1, 0.15) is 11.5 Å². The fourth-order valence-corrected chi connectivity index (χ4v) is 3.64. The first-order valence-corrected chi connectivity index (χ1v) is 11.1. The molecule has 0 unspecified atom stereocenters. The minimum atomic E-state index is -0.225. The third-order valence-corrected chi connectivity index (χ3v) is 5.30. The van der Waals surface area contributed by atoms with Gasteiger partial charge in [0, 0.05) is 24.3 Å². The van der Waals surface area contributed by atoms with Gasteiger partial charge in [0.15, 0.2) is 12.4 Å². The molecule has 4 rings (SSSR count). The largest absolute Gasteiger partial charge is 0.494 e. The topological polar surface area (TPSA) is 76.6 Å². The number of piperidine rings is 1. The Kier molecular flexibility index (Phi) is 7.17. The van der Waals surface area contributed by atoms with Crippen LogP contribution in [0.2, 0.25) is 0 Å². The Morgan fingerprint density at radius 1 is 0.875 bits per heavy atom. The molecule has 0 saturated carbocycles. The van der Waals surface area contributed by atoms with Crippen molar-refractivity contribution in [1.82, 2.24) is 10.2 Å². The molecule has 1 aliphatic heterocycles. The number of amides is 1. The van der Waals surface area contributed by atoms with Crippen LogP contribution in [0.4, 0.5) is 11.5 Å². The van der Waals surface area contributed by atoms with Crippen LogP contribution in [-0.4, -0.2) is 42.4 Å². The molecule has 1 aliphatic rings. The Morgan fingerprint density at radius 2 is 1.56 bits per heavy atom. The molecule has 0 spiro atoms. The Hall–Kier alpha value is -3.61. The van der Waals surface area contributed by atoms with Gasteiger partial charge in [0.25, 0.3) is 5.91 Å². The molecule has 7 heteroatoms. The lowest BCUT2D eigenvalue weighted by Gasteiger charge is -2.27. The van der Waals surface area contributed by atoms with Crippen LogP contribution in [-0.2, 0) is 4.79 Å². The molecule has 1 amide bonds. The van der Waals surface area contributed by atoms with Crippen molar-refractivity contribution in [3.05, 3.63) is 60.7 Å². The minimum Gasteiger partial charge on any atom is -0.494 e. The van der Waals surface area contributed by atoms with Gasteiger partial charge in [-0.15, -0.1) is 10.2 Å². The summed E-state index contributed by atoms with van der Waals surface area (Å²) in [5.74, 6) is 2.10. The van der Waals surface area contributed by atoms with Gasteiger partial charge >= 0.3 is 0 Å². The number of nitrogens with one attached hydrogen (secondary N) is 1. The molecule has 32 heavy (non-hydrogen) atoms. The molecule has 0 atom stereocenters. The van der Waals surface area contributed by atoms with E-state index in [9.17, 15) is 4.79 Å². The molecular formula is C25H28N4O3. The van der Waals surface area contributed by atoms with Crippen molar-refractivity contribution >= 4 is 17.4 Å². The molecule has 3 aromatic rings. The van der Waals surface area contributed by atoms with Gasteiger partial charge in [-0.25, -0.2) is 0 Å². The molecule has 166 valence electrons. The maximum Gasteiger partial charge on any atom is 0.262 e. The van der Waals surface area contributed by atoms with Crippen LogP contribution < -0.4 is 19.7 Å². The number of ether oxygens (including phenoxy) is 2. The third-order valence-electron chi connectivity index (χ3n) is 5.30. The summed E-state index contributed by atoms with van der Waals surface area (Å²) in [5, 5.41) is 11.6. The van der Waals surface area contributed by atoms with Crippen molar-refractivity contribution in [2.75, 3.05) is 36.5 Å². The molecule has 7 nitrogen and oxygen atoms in total. The van der Waals surface area contributed by atoms with Crippen molar-refractivity contribution in [3.8, 4) is 22.8 Å². The van der Waals surface area contributed by atoms with Gasteiger partial charge in [0.2, 0.25) is 0 Å². The summed E-state index contributed by atoms with van der Waals surface area (Å²) in [6, 6.07) is 18.8. The van der Waals surface area contributed by atoms with E-state index < -0.39 is 0 Å². The number of hydrogen-bond donors (Lipinski definition) is 1. The second-order valence-corrected chi connectivity index (χ2v) is 7.64. The average Bonchev–Trinajstić information content (AvgIpc) is 2.85. The summed E-state index contributed by atoms with van der Waals surface area (Å²) < 4.78 is 10.9. The zero-order valence-corrected chi connectivity index (χ0v) is 18.3. The highest BCUT2D eigenvalue weighted by Gasteiger charge is 2.13. The molecule has 0 bridgehead atoms. The van der Waals surface area contributed by atoms with E-state index in [4.69, 9.17) is 9.47 Å². The summed E-state index contributed by atoms with van der Waals surface area (Å²) in [6.45, 7) is 4.56. The molecule has 1 N–H and O–H groups in total. The number of hydrogen-bond acceptors (Lipinski definition) is 6. The lowest BCUT2D eigenvalue weighted by Crippen LogP contribution is -2.30. The Morgan fingerprint density at radius 3 is 2.19 bits per heavy atom. The van der Waals surface area contributed by atoms with Crippen LogP contribution in [0.5, 0.6) is 11.5 Å². The molecule has 1 saturated heterocycles. The van der Waals surface area contributed by atoms with Crippen LogP contribution in [0.1, 0.15) is 26.2 Å². The lowest BCUT2D eigenvalue weighted by atomic mass is 10.1. The van der Waals surface area contributed by atoms with E-state index in [1.807, 2.05) is 55.5 Å². The average molecular weight is 433 g/mol. The number of benzene rings is 2. The zero-order valence-electron chi connectivity index (χ0n) is 18.3. The van der Waals surface area contributed by atoms with Crippen molar-refractivity contribution in [2.24, 2.45) is 0 Å². The van der Waals surface area contributed by atoms with E-state index in [0.29, 0.717) is 18.0 Å². The van der Waals surface area contributed by atoms with Gasteiger partial charge in [-0.05, 0) is 74.7 Å². The minimum absolute atomic E-state index is 0.0703. The molecule has 1 aromatic heterocycles. The molecule has 0 radical (unpaired) electrons. The van der Waals surface area contributed by atoms with Crippen molar-refractivity contribution in [2.45, 2.75) is 26.2 Å². The quantitative estimate of drug-likeness (QED) is 0.563. The van der Waals surface area contributed by atoms with Crippen LogP contribution in [0.15, 0.2) is 60.7 Å². The van der Waals surface area contributed by atoms with E-state index in [1.54, 1.807) is 12.1 Å². The zero-order chi connectivity index (χ0) is 22.2. The predicted octanol–water partition coefficient (Wildman–Crippen LogP) is 4.55. The summed E-state index contributed by atoms with van der Waals surface area (Å²) in [5.41, 5.74) is 2.46.